The van der Waals surface area contributed by atoms with Crippen molar-refractivity contribution in [1.82, 2.24) is 19.1 Å². The van der Waals surface area contributed by atoms with E-state index in [0.717, 1.165) is 10.1 Å². The summed E-state index contributed by atoms with van der Waals surface area (Å²) in [7, 11) is 6.21. The number of aromatic amines is 1. The number of nitrogens with one attached hydrogen (secondary N) is 2. The lowest BCUT2D eigenvalue weighted by Crippen LogP contribution is -2.36. The predicted octanol–water partition coefficient (Wildman–Crippen LogP) is 0.632. The first-order valence-electron chi connectivity index (χ1n) is 8.06. The van der Waals surface area contributed by atoms with Crippen LogP contribution < -0.4 is 26.0 Å². The van der Waals surface area contributed by atoms with Gasteiger partial charge in [0.2, 0.25) is 5.95 Å². The molecule has 0 fully saturated rings. The van der Waals surface area contributed by atoms with Crippen LogP contribution in [0.1, 0.15) is 5.56 Å². The number of methoxy groups -OCH3 is 2. The molecule has 0 amide bonds. The van der Waals surface area contributed by atoms with Gasteiger partial charge in [0, 0.05) is 20.6 Å². The monoisotopic (exact) mass is 359 g/mol. The Kier molecular flexibility index (Phi) is 4.70. The van der Waals surface area contributed by atoms with E-state index < -0.39 is 11.2 Å². The van der Waals surface area contributed by atoms with E-state index in [1.54, 1.807) is 21.3 Å². The maximum Gasteiger partial charge on any atom is 0.332 e. The van der Waals surface area contributed by atoms with Crippen LogP contribution in [0.3, 0.4) is 0 Å². The number of fused-ring (bicyclic) bond motifs is 1. The van der Waals surface area contributed by atoms with Crippen LogP contribution in [0.25, 0.3) is 11.2 Å². The zero-order valence-corrected chi connectivity index (χ0v) is 15.1. The van der Waals surface area contributed by atoms with Gasteiger partial charge in [0.15, 0.2) is 22.7 Å². The number of ether oxygens (including phenoxy) is 2. The highest BCUT2D eigenvalue weighted by Crippen LogP contribution is 2.27. The molecular formula is C17H21N5O4. The molecule has 0 saturated heterocycles. The molecule has 1 aromatic carbocycles. The maximum absolute atomic E-state index is 12.2. The fourth-order valence-electron chi connectivity index (χ4n) is 2.77. The normalized spacial score (nSPS) is 10.9. The van der Waals surface area contributed by atoms with E-state index in [-0.39, 0.29) is 0 Å². The number of hydrogen-bond donors (Lipinski definition) is 2. The minimum absolute atomic E-state index is 0.295. The molecule has 3 rings (SSSR count). The van der Waals surface area contributed by atoms with Crippen LogP contribution in [0.15, 0.2) is 27.8 Å². The Labute approximate surface area is 149 Å². The predicted molar refractivity (Wildman–Crippen MR) is 98.3 cm³/mol. The number of aromatic nitrogens is 4. The Balaban J connectivity index is 1.77. The summed E-state index contributed by atoms with van der Waals surface area (Å²) < 4.78 is 12.9. The molecule has 138 valence electrons. The highest BCUT2D eigenvalue weighted by atomic mass is 16.5. The molecule has 0 aliphatic rings. The highest BCUT2D eigenvalue weighted by Gasteiger charge is 2.13. The quantitative estimate of drug-likeness (QED) is 0.669. The Bertz CT molecular complexity index is 1060. The van der Waals surface area contributed by atoms with E-state index in [9.17, 15) is 9.59 Å². The lowest BCUT2D eigenvalue weighted by molar-refractivity contribution is 0.354. The number of benzene rings is 1. The van der Waals surface area contributed by atoms with Gasteiger partial charge in [0.25, 0.3) is 5.56 Å². The first-order chi connectivity index (χ1) is 12.5. The molecule has 0 unspecified atom stereocenters. The number of aryl methyl sites for hydroxylation is 1. The average Bonchev–Trinajstić information content (AvgIpc) is 3.09. The number of nitrogens with zero attached hydrogens (tertiary/aromatic N) is 3. The third-order valence-corrected chi connectivity index (χ3v) is 4.25. The van der Waals surface area contributed by atoms with Crippen molar-refractivity contribution in [2.24, 2.45) is 14.1 Å². The number of imidazole rings is 1. The third-order valence-electron chi connectivity index (χ3n) is 4.25. The van der Waals surface area contributed by atoms with Gasteiger partial charge in [-0.25, -0.2) is 4.79 Å². The van der Waals surface area contributed by atoms with Gasteiger partial charge in [-0.3, -0.25) is 13.9 Å². The Morgan fingerprint density at radius 2 is 1.85 bits per heavy atom. The minimum atomic E-state index is -0.411. The fourth-order valence-corrected chi connectivity index (χ4v) is 2.77. The summed E-state index contributed by atoms with van der Waals surface area (Å²) in [5.74, 6) is 1.80. The van der Waals surface area contributed by atoms with Gasteiger partial charge in [-0.05, 0) is 24.1 Å². The molecule has 0 atom stereocenters. The number of H-pyrrole nitrogens is 1. The largest absolute Gasteiger partial charge is 0.493 e. The van der Waals surface area contributed by atoms with Crippen molar-refractivity contribution < 1.29 is 9.47 Å². The Hall–Kier alpha value is -3.23. The molecule has 2 N–H and O–H groups in total. The third kappa shape index (κ3) is 3.03. The molecule has 2 aromatic heterocycles. The van der Waals surface area contributed by atoms with E-state index in [1.807, 2.05) is 18.2 Å². The summed E-state index contributed by atoms with van der Waals surface area (Å²) in [5.41, 5.74) is 0.874. The van der Waals surface area contributed by atoms with Crippen LogP contribution in [-0.2, 0) is 20.5 Å². The first kappa shape index (κ1) is 17.6. The SMILES string of the molecule is COc1ccc(CCNc2nc3c([nH]2)c(=O)n(C)c(=O)n3C)cc1OC. The van der Waals surface area contributed by atoms with Crippen molar-refractivity contribution in [3.05, 3.63) is 44.6 Å². The van der Waals surface area contributed by atoms with Crippen molar-refractivity contribution in [2.75, 3.05) is 26.1 Å². The molecule has 9 nitrogen and oxygen atoms in total. The second kappa shape index (κ2) is 6.95. The Morgan fingerprint density at radius 1 is 1.12 bits per heavy atom. The topological polar surface area (TPSA) is 103 Å². The van der Waals surface area contributed by atoms with E-state index in [0.29, 0.717) is 41.6 Å². The van der Waals surface area contributed by atoms with E-state index in [2.05, 4.69) is 15.3 Å². The second-order valence-electron chi connectivity index (χ2n) is 5.86. The standard InChI is InChI=1S/C17H21N5O4/c1-21-14-13(15(23)22(2)17(21)24)19-16(20-14)18-8-7-10-5-6-11(25-3)12(9-10)26-4/h5-6,9H,7-8H2,1-4H3,(H2,18,19,20). The number of hydrogen-bond acceptors (Lipinski definition) is 6. The van der Waals surface area contributed by atoms with Crippen LogP contribution in [-0.4, -0.2) is 39.9 Å². The van der Waals surface area contributed by atoms with Gasteiger partial charge in [-0.2, -0.15) is 4.98 Å². The molecule has 0 bridgehead atoms. The first-order valence-corrected chi connectivity index (χ1v) is 8.06. The summed E-state index contributed by atoms with van der Waals surface area (Å²) in [6.07, 6.45) is 0.717. The molecule has 3 aromatic rings. The van der Waals surface area contributed by atoms with Crippen LogP contribution >= 0.6 is 0 Å². The zero-order chi connectivity index (χ0) is 18.8. The molecular weight excluding hydrogens is 338 g/mol. The molecule has 0 spiro atoms. The minimum Gasteiger partial charge on any atom is -0.493 e. The van der Waals surface area contributed by atoms with Crippen molar-refractivity contribution in [2.45, 2.75) is 6.42 Å². The maximum atomic E-state index is 12.2. The van der Waals surface area contributed by atoms with Gasteiger partial charge in [-0.1, -0.05) is 6.07 Å². The van der Waals surface area contributed by atoms with Crippen LogP contribution in [0.2, 0.25) is 0 Å². The van der Waals surface area contributed by atoms with Crippen LogP contribution in [0, 0.1) is 0 Å². The lowest BCUT2D eigenvalue weighted by atomic mass is 10.1. The fraction of sp³-hybridized carbons (Fsp3) is 0.353. The lowest BCUT2D eigenvalue weighted by Gasteiger charge is -2.09. The molecule has 9 heteroatoms. The highest BCUT2D eigenvalue weighted by molar-refractivity contribution is 5.72. The van der Waals surface area contributed by atoms with Gasteiger partial charge in [-0.15, -0.1) is 0 Å². The molecule has 0 radical (unpaired) electrons. The molecule has 0 aliphatic carbocycles. The summed E-state index contributed by atoms with van der Waals surface area (Å²) >= 11 is 0. The molecule has 26 heavy (non-hydrogen) atoms. The van der Waals surface area contributed by atoms with Crippen molar-refractivity contribution in [3.8, 4) is 11.5 Å². The summed E-state index contributed by atoms with van der Waals surface area (Å²) in [5, 5.41) is 3.14. The van der Waals surface area contributed by atoms with Gasteiger partial charge >= 0.3 is 5.69 Å². The average molecular weight is 359 g/mol. The summed E-state index contributed by atoms with van der Waals surface area (Å²) in [6, 6.07) is 5.73. The van der Waals surface area contributed by atoms with Crippen molar-refractivity contribution in [3.63, 3.8) is 0 Å². The van der Waals surface area contributed by atoms with Gasteiger partial charge < -0.3 is 19.8 Å². The van der Waals surface area contributed by atoms with Gasteiger partial charge in [0.05, 0.1) is 14.2 Å². The number of anilines is 1. The molecule has 2 heterocycles. The summed E-state index contributed by atoms with van der Waals surface area (Å²) in [6.45, 7) is 0.587. The molecule has 0 aliphatic heterocycles. The summed E-state index contributed by atoms with van der Waals surface area (Å²) in [4.78, 5) is 31.4. The van der Waals surface area contributed by atoms with E-state index in [1.165, 1.54) is 11.6 Å². The molecule has 0 saturated carbocycles. The smallest absolute Gasteiger partial charge is 0.332 e. The van der Waals surface area contributed by atoms with Gasteiger partial charge in [0.1, 0.15) is 0 Å². The van der Waals surface area contributed by atoms with E-state index >= 15 is 0 Å². The second-order valence-corrected chi connectivity index (χ2v) is 5.86. The number of rotatable bonds is 6. The van der Waals surface area contributed by atoms with Crippen molar-refractivity contribution >= 4 is 17.1 Å². The van der Waals surface area contributed by atoms with Crippen LogP contribution in [0.4, 0.5) is 5.95 Å². The van der Waals surface area contributed by atoms with Crippen molar-refractivity contribution in [1.29, 1.82) is 0 Å². The van der Waals surface area contributed by atoms with Crippen LogP contribution in [0.5, 0.6) is 11.5 Å². The van der Waals surface area contributed by atoms with E-state index in [4.69, 9.17) is 9.47 Å². The zero-order valence-electron chi connectivity index (χ0n) is 15.1. The Morgan fingerprint density at radius 3 is 2.54 bits per heavy atom.